The third kappa shape index (κ3) is 3.69. The number of aliphatic hydroxyl groups is 1. The summed E-state index contributed by atoms with van der Waals surface area (Å²) < 4.78 is 0. The largest absolute Gasteiger partial charge is 0.378 e. The van der Waals surface area contributed by atoms with Gasteiger partial charge in [-0.05, 0) is 33.4 Å². The van der Waals surface area contributed by atoms with E-state index in [1.807, 2.05) is 78.9 Å². The van der Waals surface area contributed by atoms with Gasteiger partial charge in [-0.1, -0.05) is 109 Å². The van der Waals surface area contributed by atoms with Crippen LogP contribution >= 0.6 is 0 Å². The quantitative estimate of drug-likeness (QED) is 0.218. The molecule has 4 aromatic carbocycles. The number of nitrogens with zero attached hydrogens (tertiary/aromatic N) is 2. The zero-order chi connectivity index (χ0) is 28.1. The predicted octanol–water partition coefficient (Wildman–Crippen LogP) is 4.07. The molecule has 8 rings (SSSR count). The highest BCUT2D eigenvalue weighted by molar-refractivity contribution is 6.11. The normalized spacial score (nSPS) is 24.6. The Morgan fingerprint density at radius 2 is 1.39 bits per heavy atom. The highest BCUT2D eigenvalue weighted by Gasteiger charge is 2.67. The molecule has 1 heterocycles. The highest BCUT2D eigenvalue weighted by Crippen LogP contribution is 2.63. The molecule has 0 aromatic heterocycles. The van der Waals surface area contributed by atoms with Crippen molar-refractivity contribution in [2.45, 2.75) is 24.0 Å². The third-order valence-electron chi connectivity index (χ3n) is 8.77. The van der Waals surface area contributed by atoms with Gasteiger partial charge >= 0.3 is 0 Å². The van der Waals surface area contributed by atoms with Gasteiger partial charge in [-0.2, -0.15) is 5.10 Å². The molecule has 3 atom stereocenters. The van der Waals surface area contributed by atoms with Crippen molar-refractivity contribution >= 4 is 23.9 Å². The zero-order valence-corrected chi connectivity index (χ0v) is 22.1. The zero-order valence-electron chi connectivity index (χ0n) is 22.1. The number of aliphatic hydroxyl groups excluding tert-OH is 1. The van der Waals surface area contributed by atoms with Crippen molar-refractivity contribution < 1.29 is 19.5 Å². The summed E-state index contributed by atoms with van der Waals surface area (Å²) in [6, 6.07) is 33.9. The highest BCUT2D eigenvalue weighted by atomic mass is 16.3. The van der Waals surface area contributed by atoms with E-state index in [0.717, 1.165) is 27.8 Å². The van der Waals surface area contributed by atoms with Crippen molar-refractivity contribution in [2.24, 2.45) is 16.9 Å². The van der Waals surface area contributed by atoms with Gasteiger partial charge in [0.2, 0.25) is 11.8 Å². The lowest BCUT2D eigenvalue weighted by Gasteiger charge is -2.52. The fraction of sp³-hybridized carbons (Fsp3) is 0.176. The number of carbonyl (C=O) groups excluding carboxylic acids is 3. The first-order valence-electron chi connectivity index (χ1n) is 13.7. The maximum atomic E-state index is 14.3. The fourth-order valence-corrected chi connectivity index (χ4v) is 7.08. The molecule has 2 bridgehead atoms. The maximum absolute atomic E-state index is 14.3. The average Bonchev–Trinajstić information content (AvgIpc) is 3.27. The number of rotatable bonds is 6. The summed E-state index contributed by atoms with van der Waals surface area (Å²) in [4.78, 5) is 42.6. The molecule has 0 radical (unpaired) electrons. The van der Waals surface area contributed by atoms with E-state index in [4.69, 9.17) is 0 Å². The van der Waals surface area contributed by atoms with Crippen molar-refractivity contribution in [1.29, 1.82) is 0 Å². The lowest BCUT2D eigenvalue weighted by molar-refractivity contribution is -0.140. The molecule has 2 N–H and O–H groups in total. The molecular weight excluding hydrogens is 514 g/mol. The maximum Gasteiger partial charge on any atom is 0.273 e. The first-order chi connectivity index (χ1) is 20.0. The molecule has 1 saturated heterocycles. The molecular formula is C34H27N3O4. The van der Waals surface area contributed by atoms with E-state index in [9.17, 15) is 19.5 Å². The van der Waals surface area contributed by atoms with Crippen LogP contribution in [-0.2, 0) is 26.3 Å². The number of hydrazone groups is 1. The summed E-state index contributed by atoms with van der Waals surface area (Å²) in [6.07, 6.45) is 0.196. The van der Waals surface area contributed by atoms with Gasteiger partial charge in [0.25, 0.3) is 5.91 Å². The van der Waals surface area contributed by atoms with Gasteiger partial charge in [0.05, 0.1) is 23.8 Å². The van der Waals surface area contributed by atoms with Gasteiger partial charge in [-0.25, -0.2) is 5.43 Å². The topological polar surface area (TPSA) is 99.1 Å². The Morgan fingerprint density at radius 1 is 0.829 bits per heavy atom. The Labute approximate surface area is 237 Å². The Hall–Kier alpha value is -4.88. The van der Waals surface area contributed by atoms with E-state index in [-0.39, 0.29) is 24.3 Å². The molecule has 7 heteroatoms. The number of hydrogen-bond acceptors (Lipinski definition) is 5. The van der Waals surface area contributed by atoms with Gasteiger partial charge in [-0.15, -0.1) is 0 Å². The van der Waals surface area contributed by atoms with Crippen LogP contribution in [0.2, 0.25) is 0 Å². The van der Waals surface area contributed by atoms with Crippen LogP contribution in [0, 0.1) is 11.8 Å². The standard InChI is InChI=1S/C34H27N3O4/c38-30(22-13-5-2-6-14-22)31(39)36-35-20-34-25-17-9-7-15-23(25)27(24-16-8-10-18-26(24)34)28-29(34)33(41)37(32(28)40)19-21-11-3-1-4-12-21/h1-18,20,27-30,38H,19H2,(H,36,39)/b35-20-/t27?,28-,29+,30+,34?/m0/s1. The van der Waals surface area contributed by atoms with E-state index in [0.29, 0.717) is 5.56 Å². The number of imide groups is 1. The third-order valence-corrected chi connectivity index (χ3v) is 8.77. The van der Waals surface area contributed by atoms with E-state index < -0.39 is 29.3 Å². The Kier molecular flexibility index (Phi) is 5.91. The first-order valence-corrected chi connectivity index (χ1v) is 13.7. The Bertz CT molecular complexity index is 1650. The minimum atomic E-state index is -1.41. The number of hydrogen-bond donors (Lipinski definition) is 2. The van der Waals surface area contributed by atoms with Gasteiger partial charge in [-0.3, -0.25) is 19.3 Å². The number of nitrogens with one attached hydrogen (secondary N) is 1. The SMILES string of the molecule is O=C(N/N=C\C12c3ccccc3C(c3ccccc31)[C@@H]1C(=O)N(Cc3ccccc3)C(=O)[C@@H]12)[C@H](O)c1ccccc1. The second-order valence-corrected chi connectivity index (χ2v) is 10.8. The summed E-state index contributed by atoms with van der Waals surface area (Å²) in [5.41, 5.74) is 6.49. The average molecular weight is 542 g/mol. The molecule has 4 aromatic rings. The second kappa shape index (κ2) is 9.64. The van der Waals surface area contributed by atoms with Crippen LogP contribution in [0.4, 0.5) is 0 Å². The van der Waals surface area contributed by atoms with Crippen molar-refractivity contribution in [3.05, 3.63) is 143 Å². The van der Waals surface area contributed by atoms with Crippen LogP contribution in [0.25, 0.3) is 0 Å². The number of benzene rings is 4. The molecule has 202 valence electrons. The molecule has 1 aliphatic heterocycles. The number of carbonyl (C=O) groups is 3. The first kappa shape index (κ1) is 25.1. The van der Waals surface area contributed by atoms with Gasteiger partial charge in [0, 0.05) is 12.1 Å². The smallest absolute Gasteiger partial charge is 0.273 e. The Balaban J connectivity index is 1.34. The van der Waals surface area contributed by atoms with Crippen molar-refractivity contribution in [3.63, 3.8) is 0 Å². The lowest BCUT2D eigenvalue weighted by Crippen LogP contribution is -2.54. The summed E-state index contributed by atoms with van der Waals surface area (Å²) in [6.45, 7) is 0.193. The van der Waals surface area contributed by atoms with Crippen LogP contribution in [-0.4, -0.2) is 33.9 Å². The monoisotopic (exact) mass is 541 g/mol. The van der Waals surface area contributed by atoms with Gasteiger partial charge in [0.1, 0.15) is 0 Å². The van der Waals surface area contributed by atoms with Crippen molar-refractivity contribution in [3.8, 4) is 0 Å². The predicted molar refractivity (Wildman–Crippen MR) is 153 cm³/mol. The summed E-state index contributed by atoms with van der Waals surface area (Å²) in [5.74, 6) is -2.74. The van der Waals surface area contributed by atoms with Crippen LogP contribution in [0.15, 0.2) is 114 Å². The molecule has 1 fully saturated rings. The molecule has 0 spiro atoms. The van der Waals surface area contributed by atoms with E-state index >= 15 is 0 Å². The molecule has 0 unspecified atom stereocenters. The van der Waals surface area contributed by atoms with Crippen LogP contribution < -0.4 is 5.43 Å². The fourth-order valence-electron chi connectivity index (χ4n) is 7.08. The molecule has 3 aliphatic carbocycles. The summed E-state index contributed by atoms with van der Waals surface area (Å²) in [5, 5.41) is 15.0. The van der Waals surface area contributed by atoms with E-state index in [1.54, 1.807) is 36.5 Å². The van der Waals surface area contributed by atoms with Crippen LogP contribution in [0.3, 0.4) is 0 Å². The van der Waals surface area contributed by atoms with Gasteiger partial charge < -0.3 is 5.11 Å². The minimum absolute atomic E-state index is 0.193. The van der Waals surface area contributed by atoms with E-state index in [2.05, 4.69) is 10.5 Å². The molecule has 3 amide bonds. The molecule has 0 saturated carbocycles. The number of likely N-dealkylation sites (tertiary alicyclic amines) is 1. The minimum Gasteiger partial charge on any atom is -0.378 e. The lowest BCUT2D eigenvalue weighted by atomic mass is 9.47. The van der Waals surface area contributed by atoms with Crippen molar-refractivity contribution in [1.82, 2.24) is 10.3 Å². The van der Waals surface area contributed by atoms with Crippen LogP contribution in [0.5, 0.6) is 0 Å². The van der Waals surface area contributed by atoms with Crippen LogP contribution in [0.1, 0.15) is 45.4 Å². The molecule has 41 heavy (non-hydrogen) atoms. The Morgan fingerprint density at radius 3 is 2.02 bits per heavy atom. The second-order valence-electron chi connectivity index (χ2n) is 10.8. The summed E-state index contributed by atoms with van der Waals surface area (Å²) >= 11 is 0. The van der Waals surface area contributed by atoms with Crippen molar-refractivity contribution in [2.75, 3.05) is 0 Å². The van der Waals surface area contributed by atoms with Gasteiger partial charge in [0.15, 0.2) is 6.10 Å². The summed E-state index contributed by atoms with van der Waals surface area (Å²) in [7, 11) is 0. The molecule has 7 nitrogen and oxygen atoms in total. The molecule has 4 aliphatic rings. The number of amides is 3. The van der Waals surface area contributed by atoms with E-state index in [1.165, 1.54) is 4.90 Å².